The number of anilines is 1. The summed E-state index contributed by atoms with van der Waals surface area (Å²) in [6.07, 6.45) is 13.2. The van der Waals surface area contributed by atoms with Crippen molar-refractivity contribution in [1.29, 1.82) is 0 Å². The molecule has 0 amide bonds. The molecule has 1 aromatic carbocycles. The van der Waals surface area contributed by atoms with Crippen LogP contribution in [0.25, 0.3) is 0 Å². The van der Waals surface area contributed by atoms with E-state index in [1.54, 1.807) is 6.08 Å². The van der Waals surface area contributed by atoms with Crippen molar-refractivity contribution in [1.82, 2.24) is 5.32 Å². The van der Waals surface area contributed by atoms with Crippen molar-refractivity contribution < 1.29 is 23.4 Å². The van der Waals surface area contributed by atoms with E-state index in [0.29, 0.717) is 5.69 Å². The number of thiocarbonyl (C=S) groups is 1. The fourth-order valence-electron chi connectivity index (χ4n) is 3.61. The predicted octanol–water partition coefficient (Wildman–Crippen LogP) is 6.97. The van der Waals surface area contributed by atoms with Gasteiger partial charge in [0.15, 0.2) is 5.11 Å². The maximum Gasteiger partial charge on any atom is 0.416 e. The molecule has 0 aliphatic carbocycles. The minimum absolute atomic E-state index is 0.108. The van der Waals surface area contributed by atoms with Crippen LogP contribution in [-0.2, 0) is 6.18 Å². The molecule has 0 fully saturated rings. The Balaban J connectivity index is 2.21. The molecule has 2 atom stereocenters. The molecule has 1 rings (SSSR count). The van der Waals surface area contributed by atoms with Gasteiger partial charge in [0.25, 0.3) is 0 Å². The molecule has 8 heteroatoms. The molecule has 34 heavy (non-hydrogen) atoms. The lowest BCUT2D eigenvalue weighted by atomic mass is 10.0. The lowest BCUT2D eigenvalue weighted by Gasteiger charge is -2.22. The maximum atomic E-state index is 12.6. The van der Waals surface area contributed by atoms with E-state index in [1.165, 1.54) is 76.3 Å². The minimum Gasteiger partial charge on any atom is -0.394 e. The summed E-state index contributed by atoms with van der Waals surface area (Å²) in [5.74, 6) is 0. The summed E-state index contributed by atoms with van der Waals surface area (Å²) in [6, 6.07) is 3.74. The summed E-state index contributed by atoms with van der Waals surface area (Å²) in [4.78, 5) is 0. The van der Waals surface area contributed by atoms with E-state index in [0.717, 1.165) is 25.0 Å². The number of aliphatic hydroxyl groups excluding tert-OH is 2. The van der Waals surface area contributed by atoms with Gasteiger partial charge < -0.3 is 20.8 Å². The molecule has 1 aromatic rings. The van der Waals surface area contributed by atoms with Crippen LogP contribution >= 0.6 is 12.2 Å². The first-order valence-electron chi connectivity index (χ1n) is 12.5. The average molecular weight is 503 g/mol. The number of allylic oxidation sites excluding steroid dienone is 1. The first-order chi connectivity index (χ1) is 16.3. The quantitative estimate of drug-likeness (QED) is 0.105. The fraction of sp³-hybridized carbons (Fsp3) is 0.654. The largest absolute Gasteiger partial charge is 0.416 e. The number of rotatable bonds is 17. The van der Waals surface area contributed by atoms with Crippen LogP contribution in [0.2, 0.25) is 0 Å². The van der Waals surface area contributed by atoms with E-state index in [9.17, 15) is 23.4 Å². The van der Waals surface area contributed by atoms with Gasteiger partial charge in [0.2, 0.25) is 0 Å². The number of aliphatic hydroxyl groups is 2. The Labute approximate surface area is 208 Å². The molecule has 0 aliphatic heterocycles. The van der Waals surface area contributed by atoms with Crippen LogP contribution in [0.4, 0.5) is 18.9 Å². The number of unbranched alkanes of at least 4 members (excludes halogenated alkanes) is 11. The summed E-state index contributed by atoms with van der Waals surface area (Å²) in [7, 11) is 0. The number of alkyl halides is 3. The lowest BCUT2D eigenvalue weighted by molar-refractivity contribution is -0.137. The third-order valence-electron chi connectivity index (χ3n) is 5.70. The van der Waals surface area contributed by atoms with Crippen LogP contribution in [-0.4, -0.2) is 34.1 Å². The summed E-state index contributed by atoms with van der Waals surface area (Å²) in [5, 5.41) is 25.6. The van der Waals surface area contributed by atoms with Crippen LogP contribution in [0.1, 0.15) is 89.5 Å². The summed E-state index contributed by atoms with van der Waals surface area (Å²) >= 11 is 5.15. The third-order valence-corrected chi connectivity index (χ3v) is 5.92. The van der Waals surface area contributed by atoms with E-state index in [2.05, 4.69) is 17.6 Å². The molecule has 0 saturated heterocycles. The van der Waals surface area contributed by atoms with Crippen LogP contribution in [0, 0.1) is 0 Å². The Morgan fingerprint density at radius 3 is 1.97 bits per heavy atom. The van der Waals surface area contributed by atoms with E-state index in [-0.39, 0.29) is 11.7 Å². The van der Waals surface area contributed by atoms with Crippen molar-refractivity contribution in [2.75, 3.05) is 11.9 Å². The van der Waals surface area contributed by atoms with Gasteiger partial charge in [0.05, 0.1) is 24.3 Å². The first kappa shape index (κ1) is 30.4. The summed E-state index contributed by atoms with van der Waals surface area (Å²) in [6.45, 7) is 1.89. The zero-order chi connectivity index (χ0) is 25.2. The van der Waals surface area contributed by atoms with Crippen molar-refractivity contribution in [3.63, 3.8) is 0 Å². The number of halogens is 3. The van der Waals surface area contributed by atoms with Crippen molar-refractivity contribution >= 4 is 23.0 Å². The maximum absolute atomic E-state index is 12.6. The van der Waals surface area contributed by atoms with Gasteiger partial charge >= 0.3 is 6.18 Å². The number of benzene rings is 1. The van der Waals surface area contributed by atoms with Crippen molar-refractivity contribution in [3.8, 4) is 0 Å². The molecule has 0 bridgehead atoms. The smallest absolute Gasteiger partial charge is 0.394 e. The van der Waals surface area contributed by atoms with Gasteiger partial charge in [0.1, 0.15) is 0 Å². The van der Waals surface area contributed by atoms with Gasteiger partial charge in [-0.05, 0) is 49.3 Å². The second-order valence-electron chi connectivity index (χ2n) is 8.71. The van der Waals surface area contributed by atoms with E-state index in [4.69, 9.17) is 12.2 Å². The average Bonchev–Trinajstić information content (AvgIpc) is 2.80. The molecular formula is C26H41F3N2O2S. The third kappa shape index (κ3) is 13.9. The highest BCUT2D eigenvalue weighted by molar-refractivity contribution is 7.80. The second-order valence-corrected chi connectivity index (χ2v) is 9.11. The SMILES string of the molecule is CCCCCCCCCCCCC/C=C/[C@@H](O)[C@H](CO)NC(=S)Nc1ccc(C(F)(F)F)cc1. The molecule has 0 unspecified atom stereocenters. The molecule has 4 nitrogen and oxygen atoms in total. The van der Waals surface area contributed by atoms with Gasteiger partial charge in [-0.25, -0.2) is 0 Å². The Morgan fingerprint density at radius 2 is 1.47 bits per heavy atom. The highest BCUT2D eigenvalue weighted by Crippen LogP contribution is 2.29. The molecular weight excluding hydrogens is 461 g/mol. The van der Waals surface area contributed by atoms with E-state index < -0.39 is 23.9 Å². The Bertz CT molecular complexity index is 696. The predicted molar refractivity (Wildman–Crippen MR) is 138 cm³/mol. The van der Waals surface area contributed by atoms with Crippen LogP contribution in [0.15, 0.2) is 36.4 Å². The van der Waals surface area contributed by atoms with Gasteiger partial charge in [-0.2, -0.15) is 13.2 Å². The van der Waals surface area contributed by atoms with Gasteiger partial charge in [0, 0.05) is 5.69 Å². The van der Waals surface area contributed by atoms with Crippen LogP contribution in [0.5, 0.6) is 0 Å². The minimum atomic E-state index is -4.40. The molecule has 4 N–H and O–H groups in total. The molecule has 194 valence electrons. The van der Waals surface area contributed by atoms with E-state index in [1.807, 2.05) is 6.08 Å². The summed E-state index contributed by atoms with van der Waals surface area (Å²) < 4.78 is 37.9. The standard InChI is InChI=1S/C26H41F3N2O2S/c1-2-3-4-5-6-7-8-9-10-11-12-13-14-15-24(33)23(20-32)31-25(34)30-22-18-16-21(17-19-22)26(27,28)29/h14-19,23-24,32-33H,2-13,20H2,1H3,(H2,30,31,34)/b15-14+/t23-,24+/m0/s1. The van der Waals surface area contributed by atoms with Crippen molar-refractivity contribution in [2.45, 2.75) is 102 Å². The molecule has 0 saturated carbocycles. The number of nitrogens with one attached hydrogen (secondary N) is 2. The lowest BCUT2D eigenvalue weighted by Crippen LogP contribution is -2.46. The van der Waals surface area contributed by atoms with Gasteiger partial charge in [-0.1, -0.05) is 83.3 Å². The Morgan fingerprint density at radius 1 is 0.941 bits per heavy atom. The number of hydrogen-bond donors (Lipinski definition) is 4. The molecule has 0 aliphatic rings. The van der Waals surface area contributed by atoms with Gasteiger partial charge in [-0.3, -0.25) is 0 Å². The zero-order valence-electron chi connectivity index (χ0n) is 20.2. The molecule has 0 radical (unpaired) electrons. The monoisotopic (exact) mass is 502 g/mol. The van der Waals surface area contributed by atoms with Crippen LogP contribution < -0.4 is 10.6 Å². The fourth-order valence-corrected chi connectivity index (χ4v) is 3.88. The molecule has 0 aromatic heterocycles. The van der Waals surface area contributed by atoms with Crippen molar-refractivity contribution in [2.24, 2.45) is 0 Å². The number of hydrogen-bond acceptors (Lipinski definition) is 3. The highest BCUT2D eigenvalue weighted by atomic mass is 32.1. The molecule has 0 heterocycles. The van der Waals surface area contributed by atoms with E-state index >= 15 is 0 Å². The topological polar surface area (TPSA) is 64.5 Å². The van der Waals surface area contributed by atoms with Crippen molar-refractivity contribution in [3.05, 3.63) is 42.0 Å². The highest BCUT2D eigenvalue weighted by Gasteiger charge is 2.30. The Hall–Kier alpha value is -1.64. The summed E-state index contributed by atoms with van der Waals surface area (Å²) in [5.41, 5.74) is -0.368. The Kier molecular flexibility index (Phi) is 15.9. The first-order valence-corrected chi connectivity index (χ1v) is 12.9. The van der Waals surface area contributed by atoms with Crippen LogP contribution in [0.3, 0.4) is 0 Å². The zero-order valence-corrected chi connectivity index (χ0v) is 21.1. The van der Waals surface area contributed by atoms with Gasteiger partial charge in [-0.15, -0.1) is 0 Å². The second kappa shape index (κ2) is 17.7. The normalized spacial score (nSPS) is 13.7. The molecule has 0 spiro atoms.